The van der Waals surface area contributed by atoms with E-state index in [4.69, 9.17) is 9.47 Å². The average Bonchev–Trinajstić information content (AvgIpc) is 2.58. The smallest absolute Gasteiger partial charge is 0.243 e. The van der Waals surface area contributed by atoms with Gasteiger partial charge in [0.15, 0.2) is 0 Å². The summed E-state index contributed by atoms with van der Waals surface area (Å²) in [4.78, 5) is 14.4. The minimum absolute atomic E-state index is 0.199. The molecule has 8 heteroatoms. The van der Waals surface area contributed by atoms with Gasteiger partial charge >= 0.3 is 0 Å². The Morgan fingerprint density at radius 3 is 2.60 bits per heavy atom. The van der Waals surface area contributed by atoms with Crippen LogP contribution in [0.4, 0.5) is 5.69 Å². The van der Waals surface area contributed by atoms with Gasteiger partial charge in [-0.1, -0.05) is 6.92 Å². The number of nitrogens with zero attached hydrogens (tertiary/aromatic N) is 2. The van der Waals surface area contributed by atoms with Gasteiger partial charge in [-0.25, -0.2) is 8.42 Å². The highest BCUT2D eigenvalue weighted by atomic mass is 32.2. The fourth-order valence-electron chi connectivity index (χ4n) is 3.01. The summed E-state index contributed by atoms with van der Waals surface area (Å²) in [5, 5.41) is 0. The molecule has 0 N–H and O–H groups in total. The number of anilines is 1. The Hall–Kier alpha value is -1.96. The minimum Gasteiger partial charge on any atom is -0.497 e. The average molecular weight is 370 g/mol. The van der Waals surface area contributed by atoms with E-state index in [1.165, 1.54) is 14.2 Å². The Labute approximate surface area is 149 Å². The summed E-state index contributed by atoms with van der Waals surface area (Å²) in [6, 6.07) is 4.83. The number of rotatable bonds is 6. The summed E-state index contributed by atoms with van der Waals surface area (Å²) in [7, 11) is -0.683. The molecule has 0 unspecified atom stereocenters. The first-order valence-electron chi connectivity index (χ1n) is 8.23. The number of ether oxygens (including phenoxy) is 2. The van der Waals surface area contributed by atoms with E-state index in [1.807, 2.05) is 0 Å². The number of carbonyl (C=O) groups is 1. The van der Waals surface area contributed by atoms with E-state index in [0.717, 1.165) is 23.4 Å². The number of methoxy groups -OCH3 is 2. The molecule has 0 aliphatic carbocycles. The van der Waals surface area contributed by atoms with Crippen molar-refractivity contribution >= 4 is 21.6 Å². The third-order valence-electron chi connectivity index (χ3n) is 4.34. The number of hydrogen-bond acceptors (Lipinski definition) is 5. The molecule has 1 atom stereocenters. The number of benzene rings is 1. The molecule has 25 heavy (non-hydrogen) atoms. The molecule has 0 spiro atoms. The number of likely N-dealkylation sites (tertiary alicyclic amines) is 1. The fourth-order valence-corrected chi connectivity index (χ4v) is 3.86. The van der Waals surface area contributed by atoms with Gasteiger partial charge in [0.05, 0.1) is 26.2 Å². The Morgan fingerprint density at radius 1 is 1.32 bits per heavy atom. The Balaban J connectivity index is 2.30. The summed E-state index contributed by atoms with van der Waals surface area (Å²) < 4.78 is 36.1. The lowest BCUT2D eigenvalue weighted by Gasteiger charge is -2.33. The molecular weight excluding hydrogens is 344 g/mol. The summed E-state index contributed by atoms with van der Waals surface area (Å²) in [6.07, 6.45) is 3.12. The fraction of sp³-hybridized carbons (Fsp3) is 0.588. The monoisotopic (exact) mass is 370 g/mol. The Kier molecular flexibility index (Phi) is 6.16. The maximum absolute atomic E-state index is 12.7. The van der Waals surface area contributed by atoms with Gasteiger partial charge in [0, 0.05) is 19.2 Å². The molecule has 0 aromatic heterocycles. The van der Waals surface area contributed by atoms with Crippen LogP contribution in [-0.2, 0) is 14.8 Å². The molecule has 2 rings (SSSR count). The zero-order valence-electron chi connectivity index (χ0n) is 15.2. The van der Waals surface area contributed by atoms with Crippen molar-refractivity contribution in [3.8, 4) is 11.5 Å². The number of sulfonamides is 1. The molecule has 0 saturated carbocycles. The van der Waals surface area contributed by atoms with Crippen LogP contribution >= 0.6 is 0 Å². The summed E-state index contributed by atoms with van der Waals surface area (Å²) >= 11 is 0. The van der Waals surface area contributed by atoms with Gasteiger partial charge in [-0.2, -0.15) is 0 Å². The third-order valence-corrected chi connectivity index (χ3v) is 5.47. The Bertz CT molecular complexity index is 720. The third kappa shape index (κ3) is 4.78. The number of carbonyl (C=O) groups excluding carboxylic acids is 1. The predicted octanol–water partition coefficient (Wildman–Crippen LogP) is 1.73. The van der Waals surface area contributed by atoms with Crippen molar-refractivity contribution in [3.63, 3.8) is 0 Å². The summed E-state index contributed by atoms with van der Waals surface area (Å²) in [5.41, 5.74) is 0.323. The summed E-state index contributed by atoms with van der Waals surface area (Å²) in [5.74, 6) is 1.12. The number of amides is 1. The molecule has 140 valence electrons. The lowest BCUT2D eigenvalue weighted by atomic mass is 10.0. The number of hydrogen-bond donors (Lipinski definition) is 0. The molecule has 1 aliphatic rings. The minimum atomic E-state index is -3.65. The molecule has 1 fully saturated rings. The van der Waals surface area contributed by atoms with Crippen molar-refractivity contribution in [3.05, 3.63) is 18.2 Å². The number of piperidine rings is 1. The molecule has 1 heterocycles. The largest absolute Gasteiger partial charge is 0.497 e. The van der Waals surface area contributed by atoms with Crippen molar-refractivity contribution in [2.75, 3.05) is 44.4 Å². The van der Waals surface area contributed by atoms with Crippen LogP contribution in [0.5, 0.6) is 11.5 Å². The maximum atomic E-state index is 12.7. The molecule has 1 saturated heterocycles. The van der Waals surface area contributed by atoms with Gasteiger partial charge in [-0.05, 0) is 30.9 Å². The van der Waals surface area contributed by atoms with Crippen LogP contribution in [0.25, 0.3) is 0 Å². The predicted molar refractivity (Wildman–Crippen MR) is 96.7 cm³/mol. The normalized spacial score (nSPS) is 17.9. The van der Waals surface area contributed by atoms with E-state index in [-0.39, 0.29) is 12.5 Å². The van der Waals surface area contributed by atoms with Gasteiger partial charge in [0.1, 0.15) is 18.0 Å². The van der Waals surface area contributed by atoms with E-state index in [2.05, 4.69) is 6.92 Å². The first-order valence-corrected chi connectivity index (χ1v) is 10.1. The van der Waals surface area contributed by atoms with Gasteiger partial charge < -0.3 is 14.4 Å². The highest BCUT2D eigenvalue weighted by molar-refractivity contribution is 7.92. The molecule has 7 nitrogen and oxygen atoms in total. The van der Waals surface area contributed by atoms with Gasteiger partial charge in [-0.15, -0.1) is 0 Å². The van der Waals surface area contributed by atoms with Crippen molar-refractivity contribution in [1.82, 2.24) is 4.90 Å². The highest BCUT2D eigenvalue weighted by Crippen LogP contribution is 2.33. The molecule has 1 aliphatic heterocycles. The van der Waals surface area contributed by atoms with Crippen LogP contribution in [0.3, 0.4) is 0 Å². The van der Waals surface area contributed by atoms with Gasteiger partial charge in [0.2, 0.25) is 15.9 Å². The lowest BCUT2D eigenvalue weighted by Crippen LogP contribution is -2.46. The zero-order valence-corrected chi connectivity index (χ0v) is 16.0. The van der Waals surface area contributed by atoms with E-state index in [0.29, 0.717) is 36.2 Å². The molecular formula is C17H26N2O5S. The first-order chi connectivity index (χ1) is 11.8. The van der Waals surface area contributed by atoms with Crippen LogP contribution in [0.2, 0.25) is 0 Å². The van der Waals surface area contributed by atoms with Crippen LogP contribution in [0.15, 0.2) is 18.2 Å². The standard InChI is InChI=1S/C17H26N2O5S/c1-13-6-5-9-18(11-13)17(20)12-19(25(4,21)22)15-8-7-14(23-2)10-16(15)24-3/h7-8,10,13H,5-6,9,11-12H2,1-4H3/t13-/m0/s1. The van der Waals surface area contributed by atoms with Gasteiger partial charge in [-0.3, -0.25) is 9.10 Å². The maximum Gasteiger partial charge on any atom is 0.243 e. The molecule has 1 aromatic carbocycles. The van der Waals surface area contributed by atoms with E-state index in [1.54, 1.807) is 23.1 Å². The van der Waals surface area contributed by atoms with Crippen molar-refractivity contribution in [1.29, 1.82) is 0 Å². The van der Waals surface area contributed by atoms with Crippen LogP contribution in [0.1, 0.15) is 19.8 Å². The second-order valence-corrected chi connectivity index (χ2v) is 8.30. The van der Waals surface area contributed by atoms with Crippen LogP contribution < -0.4 is 13.8 Å². The quantitative estimate of drug-likeness (QED) is 0.762. The molecule has 1 amide bonds. The van der Waals surface area contributed by atoms with Crippen molar-refractivity contribution < 1.29 is 22.7 Å². The molecule has 0 radical (unpaired) electrons. The van der Waals surface area contributed by atoms with Crippen LogP contribution in [0, 0.1) is 5.92 Å². The molecule has 0 bridgehead atoms. The van der Waals surface area contributed by atoms with E-state index in [9.17, 15) is 13.2 Å². The topological polar surface area (TPSA) is 76.2 Å². The summed E-state index contributed by atoms with van der Waals surface area (Å²) in [6.45, 7) is 3.19. The van der Waals surface area contributed by atoms with Crippen molar-refractivity contribution in [2.24, 2.45) is 5.92 Å². The van der Waals surface area contributed by atoms with Crippen molar-refractivity contribution in [2.45, 2.75) is 19.8 Å². The second kappa shape index (κ2) is 7.95. The lowest BCUT2D eigenvalue weighted by molar-refractivity contribution is -0.131. The SMILES string of the molecule is COc1ccc(N(CC(=O)N2CCC[C@H](C)C2)S(C)(=O)=O)c(OC)c1. The van der Waals surface area contributed by atoms with E-state index < -0.39 is 10.0 Å². The highest BCUT2D eigenvalue weighted by Gasteiger charge is 2.28. The Morgan fingerprint density at radius 2 is 2.04 bits per heavy atom. The zero-order chi connectivity index (χ0) is 18.6. The van der Waals surface area contributed by atoms with E-state index >= 15 is 0 Å². The molecule has 1 aromatic rings. The first kappa shape index (κ1) is 19.4. The second-order valence-electron chi connectivity index (χ2n) is 6.39. The van der Waals surface area contributed by atoms with Crippen LogP contribution in [-0.4, -0.2) is 59.3 Å². The van der Waals surface area contributed by atoms with Gasteiger partial charge in [0.25, 0.3) is 0 Å².